The lowest BCUT2D eigenvalue weighted by atomic mass is 9.92. The smallest absolute Gasteiger partial charge is 0.342 e. The topological polar surface area (TPSA) is 107 Å². The number of hydrogen-bond donors (Lipinski definition) is 3. The van der Waals surface area contributed by atoms with Crippen molar-refractivity contribution in [2.45, 2.75) is 31.4 Å². The van der Waals surface area contributed by atoms with Gasteiger partial charge in [0.1, 0.15) is 5.82 Å². The molecule has 8 nitrogen and oxygen atoms in total. The number of carbonyl (C=O) groups excluding carboxylic acids is 2. The number of para-hydroxylation sites is 1. The Bertz CT molecular complexity index is 1060. The van der Waals surface area contributed by atoms with Gasteiger partial charge in [0.15, 0.2) is 0 Å². The van der Waals surface area contributed by atoms with Gasteiger partial charge in [-0.3, -0.25) is 19.4 Å². The van der Waals surface area contributed by atoms with Crippen LogP contribution in [0.1, 0.15) is 36.3 Å². The number of amides is 2. The molecule has 0 spiro atoms. The Morgan fingerprint density at radius 3 is 2.57 bits per heavy atom. The van der Waals surface area contributed by atoms with Crippen LogP contribution in [0, 0.1) is 0 Å². The molecule has 1 fully saturated rings. The van der Waals surface area contributed by atoms with Crippen LogP contribution in [0.15, 0.2) is 29.1 Å². The number of aromatic nitrogens is 2. The average molecular weight is 421 g/mol. The summed E-state index contributed by atoms with van der Waals surface area (Å²) in [7, 11) is 0. The summed E-state index contributed by atoms with van der Waals surface area (Å²) in [5, 5.41) is 4.71. The number of halogens is 3. The molecular formula is C19H18F3N5O3. The van der Waals surface area contributed by atoms with Gasteiger partial charge in [0.25, 0.3) is 5.56 Å². The van der Waals surface area contributed by atoms with E-state index >= 15 is 0 Å². The maximum absolute atomic E-state index is 13.2. The predicted octanol–water partition coefficient (Wildman–Crippen LogP) is 2.45. The van der Waals surface area contributed by atoms with Gasteiger partial charge in [-0.2, -0.15) is 18.2 Å². The molecule has 0 bridgehead atoms. The van der Waals surface area contributed by atoms with Crippen LogP contribution in [0.3, 0.4) is 0 Å². The van der Waals surface area contributed by atoms with E-state index in [9.17, 15) is 27.6 Å². The molecule has 11 heteroatoms. The molecule has 0 saturated carbocycles. The van der Waals surface area contributed by atoms with Crippen LogP contribution < -0.4 is 21.1 Å². The van der Waals surface area contributed by atoms with Gasteiger partial charge < -0.3 is 15.5 Å². The van der Waals surface area contributed by atoms with Crippen molar-refractivity contribution in [1.82, 2.24) is 9.97 Å². The number of hydrogen-bond acceptors (Lipinski definition) is 5. The van der Waals surface area contributed by atoms with E-state index in [2.05, 4.69) is 20.6 Å². The van der Waals surface area contributed by atoms with Crippen LogP contribution in [-0.2, 0) is 15.8 Å². The molecule has 2 aliphatic rings. The van der Waals surface area contributed by atoms with Crippen LogP contribution in [0.2, 0.25) is 0 Å². The normalized spacial score (nSPS) is 18.7. The number of nitrogens with one attached hydrogen (secondary N) is 3. The van der Waals surface area contributed by atoms with E-state index in [0.717, 1.165) is 25.0 Å². The summed E-state index contributed by atoms with van der Waals surface area (Å²) in [5.74, 6) is -2.44. The van der Waals surface area contributed by atoms with E-state index in [-0.39, 0.29) is 17.8 Å². The van der Waals surface area contributed by atoms with Gasteiger partial charge >= 0.3 is 6.18 Å². The number of aromatic amines is 1. The van der Waals surface area contributed by atoms with Crippen molar-refractivity contribution < 1.29 is 22.8 Å². The average Bonchev–Trinajstić information content (AvgIpc) is 3.21. The number of nitrogens with zero attached hydrogens (tertiary/aromatic N) is 2. The molecule has 0 unspecified atom stereocenters. The standard InChI is InChI=1S/C19H18F3N5O3/c20-19(21,22)11-5-1-2-6-12(11)23-16(29)10-9-13(28)24-15-14(10)17(30)26-18(25-15)27-7-3-4-8-27/h1-2,5-6,10H,3-4,7-9H2,(H,23,29)(H2,24,25,26,28,30)/t10-/m1/s1. The van der Waals surface area contributed by atoms with Gasteiger partial charge in [0.05, 0.1) is 22.7 Å². The molecule has 3 heterocycles. The van der Waals surface area contributed by atoms with Crippen LogP contribution in [0.5, 0.6) is 0 Å². The molecule has 4 rings (SSSR count). The zero-order valence-electron chi connectivity index (χ0n) is 15.7. The van der Waals surface area contributed by atoms with Crippen molar-refractivity contribution in [3.05, 3.63) is 45.7 Å². The molecule has 1 aromatic heterocycles. The Morgan fingerprint density at radius 2 is 1.87 bits per heavy atom. The van der Waals surface area contributed by atoms with Crippen molar-refractivity contribution in [2.24, 2.45) is 0 Å². The van der Waals surface area contributed by atoms with E-state index in [0.29, 0.717) is 19.0 Å². The van der Waals surface area contributed by atoms with E-state index in [4.69, 9.17) is 0 Å². The van der Waals surface area contributed by atoms with Crippen molar-refractivity contribution in [3.63, 3.8) is 0 Å². The van der Waals surface area contributed by atoms with E-state index in [1.165, 1.54) is 12.1 Å². The van der Waals surface area contributed by atoms with Crippen LogP contribution in [0.25, 0.3) is 0 Å². The fourth-order valence-electron chi connectivity index (χ4n) is 3.72. The molecule has 3 N–H and O–H groups in total. The van der Waals surface area contributed by atoms with Crippen molar-refractivity contribution in [2.75, 3.05) is 28.6 Å². The third-order valence-electron chi connectivity index (χ3n) is 5.15. The molecule has 1 saturated heterocycles. The summed E-state index contributed by atoms with van der Waals surface area (Å²) < 4.78 is 39.6. The minimum atomic E-state index is -4.67. The number of rotatable bonds is 3. The van der Waals surface area contributed by atoms with E-state index in [1.54, 1.807) is 0 Å². The molecule has 30 heavy (non-hydrogen) atoms. The fourth-order valence-corrected chi connectivity index (χ4v) is 3.72. The Hall–Kier alpha value is -3.37. The molecule has 1 atom stereocenters. The van der Waals surface area contributed by atoms with Crippen LogP contribution in [-0.4, -0.2) is 34.9 Å². The first-order valence-electron chi connectivity index (χ1n) is 9.40. The summed E-state index contributed by atoms with van der Waals surface area (Å²) in [6.07, 6.45) is -3.16. The number of benzene rings is 1. The highest BCUT2D eigenvalue weighted by atomic mass is 19.4. The van der Waals surface area contributed by atoms with E-state index in [1.807, 2.05) is 4.90 Å². The largest absolute Gasteiger partial charge is 0.418 e. The Kier molecular flexibility index (Phi) is 4.96. The Labute approximate surface area is 168 Å². The zero-order valence-corrected chi connectivity index (χ0v) is 15.7. The first kappa shape index (κ1) is 19.9. The molecule has 2 aliphatic heterocycles. The molecule has 2 aromatic rings. The molecule has 0 aliphatic carbocycles. The summed E-state index contributed by atoms with van der Waals surface area (Å²) in [5.41, 5.74) is -2.14. The van der Waals surface area contributed by atoms with Gasteiger partial charge in [-0.1, -0.05) is 12.1 Å². The SMILES string of the molecule is O=C1C[C@@H](C(=O)Nc2ccccc2C(F)(F)F)c2c(nc(N3CCCC3)[nH]c2=O)N1. The van der Waals surface area contributed by atoms with Crippen LogP contribution >= 0.6 is 0 Å². The quantitative estimate of drug-likeness (QED) is 0.706. The van der Waals surface area contributed by atoms with E-state index < -0.39 is 40.7 Å². The summed E-state index contributed by atoms with van der Waals surface area (Å²) >= 11 is 0. The maximum atomic E-state index is 13.2. The minimum absolute atomic E-state index is 0.0406. The maximum Gasteiger partial charge on any atom is 0.418 e. The number of fused-ring (bicyclic) bond motifs is 1. The molecule has 0 radical (unpaired) electrons. The summed E-state index contributed by atoms with van der Waals surface area (Å²) in [6, 6.07) is 4.51. The fraction of sp³-hybridized carbons (Fsp3) is 0.368. The first-order valence-corrected chi connectivity index (χ1v) is 9.40. The molecule has 158 valence electrons. The third kappa shape index (κ3) is 3.74. The number of H-pyrrole nitrogens is 1. The Balaban J connectivity index is 1.67. The van der Waals surface area contributed by atoms with Gasteiger partial charge in [0, 0.05) is 19.5 Å². The van der Waals surface area contributed by atoms with Gasteiger partial charge in [0.2, 0.25) is 17.8 Å². The van der Waals surface area contributed by atoms with Gasteiger partial charge in [-0.15, -0.1) is 0 Å². The second-order valence-electron chi connectivity index (χ2n) is 7.18. The van der Waals surface area contributed by atoms with Crippen molar-refractivity contribution in [1.29, 1.82) is 0 Å². The predicted molar refractivity (Wildman–Crippen MR) is 102 cm³/mol. The lowest BCUT2D eigenvalue weighted by Crippen LogP contribution is -2.37. The van der Waals surface area contributed by atoms with Gasteiger partial charge in [-0.05, 0) is 25.0 Å². The van der Waals surface area contributed by atoms with Gasteiger partial charge in [-0.25, -0.2) is 0 Å². The van der Waals surface area contributed by atoms with Crippen LogP contribution in [0.4, 0.5) is 30.6 Å². The Morgan fingerprint density at radius 1 is 1.17 bits per heavy atom. The highest BCUT2D eigenvalue weighted by Gasteiger charge is 2.37. The first-order chi connectivity index (χ1) is 14.2. The highest BCUT2D eigenvalue weighted by molar-refractivity contribution is 6.04. The zero-order chi connectivity index (χ0) is 21.5. The number of carbonyl (C=O) groups is 2. The van der Waals surface area contributed by atoms with Crippen molar-refractivity contribution >= 4 is 29.3 Å². The highest BCUT2D eigenvalue weighted by Crippen LogP contribution is 2.36. The molecular weight excluding hydrogens is 403 g/mol. The second-order valence-corrected chi connectivity index (χ2v) is 7.18. The second kappa shape index (κ2) is 7.47. The summed E-state index contributed by atoms with van der Waals surface area (Å²) in [6.45, 7) is 1.40. The van der Waals surface area contributed by atoms with Crippen molar-refractivity contribution in [3.8, 4) is 0 Å². The third-order valence-corrected chi connectivity index (χ3v) is 5.15. The number of anilines is 3. The minimum Gasteiger partial charge on any atom is -0.342 e. The summed E-state index contributed by atoms with van der Waals surface area (Å²) in [4.78, 5) is 46.4. The number of alkyl halides is 3. The lowest BCUT2D eigenvalue weighted by molar-refractivity contribution is -0.137. The molecule has 2 amide bonds. The molecule has 1 aromatic carbocycles. The monoisotopic (exact) mass is 421 g/mol. The lowest BCUT2D eigenvalue weighted by Gasteiger charge is -2.25.